The number of fused-ring (bicyclic) bond motifs is 5. The normalized spacial score (nSPS) is 12.8. The van der Waals surface area contributed by atoms with Crippen molar-refractivity contribution in [2.24, 2.45) is 0 Å². The molecule has 10 aromatic rings. The molecule has 0 fully saturated rings. The van der Waals surface area contributed by atoms with Gasteiger partial charge in [-0.05, 0) is 86.0 Å². The van der Waals surface area contributed by atoms with Crippen molar-refractivity contribution in [2.75, 3.05) is 0 Å². The summed E-state index contributed by atoms with van der Waals surface area (Å²) in [6, 6.07) is 77.9. The predicted octanol–water partition coefficient (Wildman–Crippen LogP) is 14.5. The van der Waals surface area contributed by atoms with Crippen LogP contribution in [-0.4, -0.2) is 15.0 Å². The lowest BCUT2D eigenvalue weighted by Gasteiger charge is -2.34. The summed E-state index contributed by atoms with van der Waals surface area (Å²) in [5.74, 6) is 4.57. The molecule has 0 N–H and O–H groups in total. The first-order valence-corrected chi connectivity index (χ1v) is 21.2. The Morgan fingerprint density at radius 2 is 0.714 bits per heavy atom. The first-order valence-electron chi connectivity index (χ1n) is 21.2. The van der Waals surface area contributed by atoms with Gasteiger partial charge in [0.2, 0.25) is 0 Å². The lowest BCUT2D eigenvalue weighted by Crippen LogP contribution is -2.28. The molecule has 0 saturated carbocycles. The Balaban J connectivity index is 0.886. The van der Waals surface area contributed by atoms with Crippen LogP contribution in [0.3, 0.4) is 0 Å². The summed E-state index contributed by atoms with van der Waals surface area (Å²) in [7, 11) is 0. The van der Waals surface area contributed by atoms with Gasteiger partial charge in [0.15, 0.2) is 40.5 Å². The molecule has 0 atom stereocenters. The third-order valence-corrected chi connectivity index (χ3v) is 12.3. The van der Waals surface area contributed by atoms with Crippen molar-refractivity contribution in [1.82, 2.24) is 15.0 Å². The number of aromatic nitrogens is 3. The molecule has 0 radical (unpaired) electrons. The zero-order chi connectivity index (χ0) is 41.7. The Morgan fingerprint density at radius 1 is 0.270 bits per heavy atom. The maximum absolute atomic E-state index is 6.75. The molecule has 0 bridgehead atoms. The van der Waals surface area contributed by atoms with Crippen molar-refractivity contribution in [3.63, 3.8) is 0 Å². The van der Waals surface area contributed by atoms with E-state index in [9.17, 15) is 0 Å². The highest BCUT2D eigenvalue weighted by molar-refractivity contribution is 5.88. The summed E-state index contributed by atoms with van der Waals surface area (Å²) in [6.45, 7) is 0. The van der Waals surface area contributed by atoms with Gasteiger partial charge in [-0.25, -0.2) is 15.0 Å². The topological polar surface area (TPSA) is 57.1 Å². The number of nitrogens with zero attached hydrogens (tertiary/aromatic N) is 3. The zero-order valence-corrected chi connectivity index (χ0v) is 34.0. The molecule has 12 rings (SSSR count). The van der Waals surface area contributed by atoms with Crippen LogP contribution in [0.2, 0.25) is 0 Å². The average Bonchev–Trinajstić information content (AvgIpc) is 3.65. The SMILES string of the molecule is c1ccc(-c2cccc(-c3nc(-c4ccccc4)nc(-c4ccc(-c5ccc6c(c5)Oc5cc7c(cc5O6)C(c5ccccc5)(c5ccccc5)c5ccccc5-7)cc4)n3)c2)cc1. The van der Waals surface area contributed by atoms with Gasteiger partial charge in [0.1, 0.15) is 0 Å². The van der Waals surface area contributed by atoms with Gasteiger partial charge in [-0.2, -0.15) is 0 Å². The highest BCUT2D eigenvalue weighted by Gasteiger charge is 2.47. The molecular weight excluding hydrogens is 771 g/mol. The maximum Gasteiger partial charge on any atom is 0.170 e. The second kappa shape index (κ2) is 14.9. The number of benzene rings is 9. The highest BCUT2D eigenvalue weighted by Crippen LogP contribution is 2.59. The number of ether oxygens (including phenoxy) is 2. The summed E-state index contributed by atoms with van der Waals surface area (Å²) in [5, 5.41) is 0. The molecular formula is C58H37N3O2. The molecule has 0 saturated heterocycles. The molecule has 9 aromatic carbocycles. The third-order valence-electron chi connectivity index (χ3n) is 12.3. The van der Waals surface area contributed by atoms with Gasteiger partial charge in [0.25, 0.3) is 0 Å². The fraction of sp³-hybridized carbons (Fsp3) is 0.0172. The molecule has 63 heavy (non-hydrogen) atoms. The van der Waals surface area contributed by atoms with Crippen molar-refractivity contribution in [1.29, 1.82) is 0 Å². The van der Waals surface area contributed by atoms with Crippen LogP contribution in [0.15, 0.2) is 224 Å². The van der Waals surface area contributed by atoms with Crippen LogP contribution in [0.1, 0.15) is 22.3 Å². The van der Waals surface area contributed by atoms with Crippen molar-refractivity contribution < 1.29 is 9.47 Å². The van der Waals surface area contributed by atoms with Gasteiger partial charge in [0, 0.05) is 16.7 Å². The second-order valence-electron chi connectivity index (χ2n) is 15.9. The van der Waals surface area contributed by atoms with Crippen LogP contribution < -0.4 is 9.47 Å². The lowest BCUT2D eigenvalue weighted by molar-refractivity contribution is 0.359. The second-order valence-corrected chi connectivity index (χ2v) is 15.9. The van der Waals surface area contributed by atoms with E-state index in [0.717, 1.165) is 44.5 Å². The Labute approximate surface area is 365 Å². The Hall–Kier alpha value is -8.41. The predicted molar refractivity (Wildman–Crippen MR) is 251 cm³/mol. The summed E-state index contributed by atoms with van der Waals surface area (Å²) < 4.78 is 13.5. The quantitative estimate of drug-likeness (QED) is 0.161. The van der Waals surface area contributed by atoms with Gasteiger partial charge >= 0.3 is 0 Å². The third kappa shape index (κ3) is 6.21. The largest absolute Gasteiger partial charge is 0.450 e. The van der Waals surface area contributed by atoms with Gasteiger partial charge < -0.3 is 9.47 Å². The highest BCUT2D eigenvalue weighted by atomic mass is 16.6. The van der Waals surface area contributed by atoms with E-state index >= 15 is 0 Å². The minimum Gasteiger partial charge on any atom is -0.450 e. The zero-order valence-electron chi connectivity index (χ0n) is 34.0. The molecule has 1 aliphatic heterocycles. The first-order chi connectivity index (χ1) is 31.2. The summed E-state index contributed by atoms with van der Waals surface area (Å²) >= 11 is 0. The molecule has 5 heteroatoms. The summed E-state index contributed by atoms with van der Waals surface area (Å²) in [5.41, 5.74) is 13.6. The van der Waals surface area contributed by atoms with E-state index in [-0.39, 0.29) is 0 Å². The van der Waals surface area contributed by atoms with Crippen LogP contribution in [-0.2, 0) is 5.41 Å². The molecule has 1 aliphatic carbocycles. The molecule has 0 unspecified atom stereocenters. The minimum atomic E-state index is -0.525. The van der Waals surface area contributed by atoms with Gasteiger partial charge in [-0.1, -0.05) is 194 Å². The number of hydrogen-bond acceptors (Lipinski definition) is 5. The number of hydrogen-bond donors (Lipinski definition) is 0. The molecule has 0 amide bonds. The molecule has 296 valence electrons. The van der Waals surface area contributed by atoms with Crippen molar-refractivity contribution >= 4 is 0 Å². The molecule has 2 aliphatic rings. The monoisotopic (exact) mass is 807 g/mol. The van der Waals surface area contributed by atoms with E-state index in [1.807, 2.05) is 42.5 Å². The van der Waals surface area contributed by atoms with E-state index in [0.29, 0.717) is 40.5 Å². The molecule has 0 spiro atoms. The van der Waals surface area contributed by atoms with Gasteiger partial charge in [-0.3, -0.25) is 0 Å². The van der Waals surface area contributed by atoms with E-state index in [4.69, 9.17) is 24.4 Å². The minimum absolute atomic E-state index is 0.525. The van der Waals surface area contributed by atoms with E-state index in [2.05, 4.69) is 182 Å². The first kappa shape index (κ1) is 36.4. The van der Waals surface area contributed by atoms with Gasteiger partial charge in [-0.15, -0.1) is 0 Å². The van der Waals surface area contributed by atoms with Crippen LogP contribution in [0.5, 0.6) is 23.0 Å². The standard InChI is InChI=1S/C58H37N3O2/c1-5-16-38(17-6-1)42-20-15-21-44(34-42)57-60-55(40-18-7-2-8-19-40)59-56(61-57)41-30-28-39(29-31-41)43-32-33-51-52(35-43)63-53-36-48-47-26-13-14-27-49(47)58(45-22-9-3-10-23-45,46-24-11-4-12-25-46)50(48)37-54(53)62-51/h1-37H. The molecule has 2 heterocycles. The number of rotatable bonds is 7. The Bertz CT molecular complexity index is 3280. The smallest absolute Gasteiger partial charge is 0.170 e. The Morgan fingerprint density at radius 3 is 1.40 bits per heavy atom. The fourth-order valence-electron chi connectivity index (χ4n) is 9.33. The maximum atomic E-state index is 6.75. The van der Waals surface area contributed by atoms with Crippen LogP contribution in [0.4, 0.5) is 0 Å². The van der Waals surface area contributed by atoms with Crippen molar-refractivity contribution in [2.45, 2.75) is 5.41 Å². The lowest BCUT2D eigenvalue weighted by atomic mass is 9.67. The molecule has 1 aromatic heterocycles. The van der Waals surface area contributed by atoms with Crippen molar-refractivity contribution in [3.05, 3.63) is 247 Å². The van der Waals surface area contributed by atoms with E-state index < -0.39 is 5.41 Å². The summed E-state index contributed by atoms with van der Waals surface area (Å²) in [6.07, 6.45) is 0. The van der Waals surface area contributed by atoms with Crippen molar-refractivity contribution in [3.8, 4) is 90.5 Å². The average molecular weight is 808 g/mol. The Kier molecular flexibility index (Phi) is 8.64. The van der Waals surface area contributed by atoms with Gasteiger partial charge in [0.05, 0.1) is 5.41 Å². The summed E-state index contributed by atoms with van der Waals surface area (Å²) in [4.78, 5) is 15.0. The van der Waals surface area contributed by atoms with E-state index in [1.54, 1.807) is 0 Å². The van der Waals surface area contributed by atoms with Crippen LogP contribution in [0, 0.1) is 0 Å². The fourth-order valence-corrected chi connectivity index (χ4v) is 9.33. The van der Waals surface area contributed by atoms with Crippen LogP contribution >= 0.6 is 0 Å². The van der Waals surface area contributed by atoms with Crippen LogP contribution in [0.25, 0.3) is 67.5 Å². The van der Waals surface area contributed by atoms with E-state index in [1.165, 1.54) is 27.8 Å². The molecule has 5 nitrogen and oxygen atoms in total.